The van der Waals surface area contributed by atoms with E-state index in [2.05, 4.69) is 20.4 Å². The molecule has 110 valence electrons. The normalized spacial score (nSPS) is 11.0. The molecule has 0 heterocycles. The van der Waals surface area contributed by atoms with E-state index in [0.29, 0.717) is 29.4 Å². The zero-order valence-electron chi connectivity index (χ0n) is 12.6. The lowest BCUT2D eigenvalue weighted by Crippen LogP contribution is -2.01. The summed E-state index contributed by atoms with van der Waals surface area (Å²) in [6.45, 7) is 13.1. The lowest BCUT2D eigenvalue weighted by atomic mass is 10.1. The van der Waals surface area contributed by atoms with Crippen LogP contribution >= 0.6 is 0 Å². The van der Waals surface area contributed by atoms with Gasteiger partial charge in [0.15, 0.2) is 0 Å². The third kappa shape index (κ3) is 14.4. The van der Waals surface area contributed by atoms with Gasteiger partial charge < -0.3 is 10.2 Å². The molecule has 0 aromatic rings. The summed E-state index contributed by atoms with van der Waals surface area (Å²) < 4.78 is 0. The number of hydrogen-bond donors (Lipinski definition) is 2. The van der Waals surface area contributed by atoms with Crippen molar-refractivity contribution in [1.82, 2.24) is 0 Å². The molecule has 19 heavy (non-hydrogen) atoms. The Morgan fingerprint density at radius 1 is 1.05 bits per heavy atom. The zero-order chi connectivity index (χ0) is 15.6. The molecule has 0 radical (unpaired) electrons. The number of rotatable bonds is 6. The monoisotopic (exact) mass is 270 g/mol. The van der Waals surface area contributed by atoms with Gasteiger partial charge in [0.05, 0.1) is 0 Å². The molecule has 0 bridgehead atoms. The van der Waals surface area contributed by atoms with Gasteiger partial charge in [0.1, 0.15) is 0 Å². The Morgan fingerprint density at radius 3 is 1.74 bits per heavy atom. The first-order valence-electron chi connectivity index (χ1n) is 6.39. The van der Waals surface area contributed by atoms with Crippen LogP contribution in [0, 0.1) is 11.8 Å². The molecule has 0 aliphatic rings. The van der Waals surface area contributed by atoms with Crippen molar-refractivity contribution in [3.63, 3.8) is 0 Å². The summed E-state index contributed by atoms with van der Waals surface area (Å²) >= 11 is 0. The Hall–Kier alpha value is -1.58. The molecule has 0 amide bonds. The maximum absolute atomic E-state index is 10.2. The number of aliphatic carboxylic acids is 2. The first kappa shape index (κ1) is 19.8. The SMILES string of the molecule is C/C(=C\CC(C)C)C(=O)O.C=C(CC(C)C)C(=O)O. The number of carboxylic acids is 2. The van der Waals surface area contributed by atoms with Gasteiger partial charge in [-0.3, -0.25) is 0 Å². The van der Waals surface area contributed by atoms with Crippen molar-refractivity contribution in [1.29, 1.82) is 0 Å². The second kappa shape index (κ2) is 10.4. The first-order valence-corrected chi connectivity index (χ1v) is 6.39. The van der Waals surface area contributed by atoms with E-state index in [0.717, 1.165) is 6.42 Å². The molecule has 0 spiro atoms. The van der Waals surface area contributed by atoms with Crippen LogP contribution in [0.2, 0.25) is 0 Å². The predicted octanol–water partition coefficient (Wildman–Crippen LogP) is 3.74. The molecule has 0 aromatic heterocycles. The van der Waals surface area contributed by atoms with Gasteiger partial charge in [-0.25, -0.2) is 9.59 Å². The maximum Gasteiger partial charge on any atom is 0.330 e. The summed E-state index contributed by atoms with van der Waals surface area (Å²) in [5.74, 6) is -0.785. The van der Waals surface area contributed by atoms with E-state index < -0.39 is 11.9 Å². The maximum atomic E-state index is 10.2. The molecule has 0 aliphatic carbocycles. The van der Waals surface area contributed by atoms with Crippen molar-refractivity contribution in [2.24, 2.45) is 11.8 Å². The lowest BCUT2D eigenvalue weighted by molar-refractivity contribution is -0.133. The highest BCUT2D eigenvalue weighted by Crippen LogP contribution is 2.07. The van der Waals surface area contributed by atoms with E-state index in [1.807, 2.05) is 13.8 Å². The summed E-state index contributed by atoms with van der Waals surface area (Å²) in [4.78, 5) is 20.4. The molecule has 0 unspecified atom stereocenters. The molecule has 0 rings (SSSR count). The van der Waals surface area contributed by atoms with Crippen LogP contribution in [0.3, 0.4) is 0 Å². The number of carbonyl (C=O) groups is 2. The third-order valence-electron chi connectivity index (χ3n) is 2.19. The summed E-state index contributed by atoms with van der Waals surface area (Å²) in [7, 11) is 0. The highest BCUT2D eigenvalue weighted by molar-refractivity contribution is 5.86. The van der Waals surface area contributed by atoms with Gasteiger partial charge in [-0.1, -0.05) is 40.3 Å². The number of carboxylic acid groups (broad SMARTS) is 2. The fraction of sp³-hybridized carbons (Fsp3) is 0.600. The summed E-state index contributed by atoms with van der Waals surface area (Å²) in [5, 5.41) is 16.8. The Bertz CT molecular complexity index is 338. The second-order valence-corrected chi connectivity index (χ2v) is 5.33. The Kier molecular flexibility index (Phi) is 10.8. The van der Waals surface area contributed by atoms with Crippen LogP contribution in [-0.2, 0) is 9.59 Å². The van der Waals surface area contributed by atoms with Gasteiger partial charge in [-0.2, -0.15) is 0 Å². The van der Waals surface area contributed by atoms with Gasteiger partial charge in [0.25, 0.3) is 0 Å². The van der Waals surface area contributed by atoms with Crippen LogP contribution in [0.25, 0.3) is 0 Å². The van der Waals surface area contributed by atoms with Crippen LogP contribution < -0.4 is 0 Å². The molecule has 0 atom stereocenters. The zero-order valence-corrected chi connectivity index (χ0v) is 12.6. The number of hydrogen-bond acceptors (Lipinski definition) is 2. The van der Waals surface area contributed by atoms with Gasteiger partial charge in [-0.15, -0.1) is 0 Å². The quantitative estimate of drug-likeness (QED) is 0.721. The van der Waals surface area contributed by atoms with E-state index in [9.17, 15) is 9.59 Å². The molecule has 0 fully saturated rings. The minimum Gasteiger partial charge on any atom is -0.478 e. The molecule has 0 aliphatic heterocycles. The van der Waals surface area contributed by atoms with Gasteiger partial charge in [0, 0.05) is 11.1 Å². The van der Waals surface area contributed by atoms with Crippen LogP contribution in [-0.4, -0.2) is 22.2 Å². The fourth-order valence-electron chi connectivity index (χ4n) is 1.08. The van der Waals surface area contributed by atoms with E-state index in [1.54, 1.807) is 13.0 Å². The fourth-order valence-corrected chi connectivity index (χ4v) is 1.08. The molecule has 2 N–H and O–H groups in total. The average molecular weight is 270 g/mol. The highest BCUT2D eigenvalue weighted by Gasteiger charge is 2.04. The summed E-state index contributed by atoms with van der Waals surface area (Å²) in [5.41, 5.74) is 0.735. The van der Waals surface area contributed by atoms with Gasteiger partial charge >= 0.3 is 11.9 Å². The van der Waals surface area contributed by atoms with Crippen molar-refractivity contribution in [3.8, 4) is 0 Å². The Labute approximate surface area is 115 Å². The molecular formula is C15H26O4. The van der Waals surface area contributed by atoms with E-state index in [-0.39, 0.29) is 0 Å². The lowest BCUT2D eigenvalue weighted by Gasteiger charge is -2.01. The standard InChI is InChI=1S/C8H14O2.C7H12O2/c1-6(2)4-5-7(3)8(9)10;1-5(2)4-6(3)7(8)9/h5-6H,4H2,1-3H3,(H,9,10);5H,3-4H2,1-2H3,(H,8,9)/b7-5+;. The molecule has 4 nitrogen and oxygen atoms in total. The van der Waals surface area contributed by atoms with Crippen molar-refractivity contribution >= 4 is 11.9 Å². The Balaban J connectivity index is 0. The van der Waals surface area contributed by atoms with Crippen molar-refractivity contribution in [2.75, 3.05) is 0 Å². The van der Waals surface area contributed by atoms with Crippen molar-refractivity contribution in [3.05, 3.63) is 23.8 Å². The Morgan fingerprint density at radius 2 is 1.53 bits per heavy atom. The molecule has 0 saturated carbocycles. The smallest absolute Gasteiger partial charge is 0.330 e. The molecule has 0 saturated heterocycles. The van der Waals surface area contributed by atoms with E-state index in [1.165, 1.54) is 0 Å². The van der Waals surface area contributed by atoms with Crippen molar-refractivity contribution in [2.45, 2.75) is 47.5 Å². The largest absolute Gasteiger partial charge is 0.478 e. The number of allylic oxidation sites excluding steroid dienone is 1. The average Bonchev–Trinajstić information content (AvgIpc) is 2.25. The van der Waals surface area contributed by atoms with Crippen molar-refractivity contribution < 1.29 is 19.8 Å². The third-order valence-corrected chi connectivity index (χ3v) is 2.19. The van der Waals surface area contributed by atoms with Gasteiger partial charge in [-0.05, 0) is 31.6 Å². The first-order chi connectivity index (χ1) is 8.57. The minimum absolute atomic E-state index is 0.296. The molecular weight excluding hydrogens is 244 g/mol. The summed E-state index contributed by atoms with van der Waals surface area (Å²) in [6, 6.07) is 0. The minimum atomic E-state index is -0.885. The topological polar surface area (TPSA) is 74.6 Å². The summed E-state index contributed by atoms with van der Waals surface area (Å²) in [6.07, 6.45) is 3.18. The second-order valence-electron chi connectivity index (χ2n) is 5.33. The van der Waals surface area contributed by atoms with Crippen LogP contribution in [0.15, 0.2) is 23.8 Å². The predicted molar refractivity (Wildman–Crippen MR) is 77.1 cm³/mol. The van der Waals surface area contributed by atoms with Crippen LogP contribution in [0.1, 0.15) is 47.5 Å². The highest BCUT2D eigenvalue weighted by atomic mass is 16.4. The molecule has 4 heteroatoms. The molecule has 0 aromatic carbocycles. The van der Waals surface area contributed by atoms with E-state index >= 15 is 0 Å². The van der Waals surface area contributed by atoms with Crippen LogP contribution in [0.5, 0.6) is 0 Å². The van der Waals surface area contributed by atoms with Gasteiger partial charge in [0.2, 0.25) is 0 Å². The van der Waals surface area contributed by atoms with E-state index in [4.69, 9.17) is 10.2 Å². The van der Waals surface area contributed by atoms with Crippen LogP contribution in [0.4, 0.5) is 0 Å².